The fraction of sp³-hybridized carbons (Fsp3) is 0.500. The van der Waals surface area contributed by atoms with Crippen LogP contribution in [0.1, 0.15) is 49.2 Å². The van der Waals surface area contributed by atoms with E-state index in [1.165, 1.54) is 0 Å². The van der Waals surface area contributed by atoms with Gasteiger partial charge in [0.05, 0.1) is 16.8 Å². The van der Waals surface area contributed by atoms with Crippen LogP contribution in [-0.4, -0.2) is 37.9 Å². The van der Waals surface area contributed by atoms with E-state index in [1.807, 2.05) is 59.0 Å². The monoisotopic (exact) mass is 329 g/mol. The number of ether oxygens (including phenoxy) is 1. The van der Waals surface area contributed by atoms with E-state index in [2.05, 4.69) is 5.32 Å². The zero-order valence-electron chi connectivity index (χ0n) is 14.9. The maximum absolute atomic E-state index is 11.8. The summed E-state index contributed by atoms with van der Waals surface area (Å²) in [6.07, 6.45) is 2.02. The van der Waals surface area contributed by atoms with Gasteiger partial charge in [0, 0.05) is 12.1 Å². The van der Waals surface area contributed by atoms with Crippen molar-refractivity contribution in [2.45, 2.75) is 45.5 Å². The van der Waals surface area contributed by atoms with Crippen molar-refractivity contribution in [2.24, 2.45) is 0 Å². The quantitative estimate of drug-likeness (QED) is 0.680. The van der Waals surface area contributed by atoms with Crippen LogP contribution in [0.2, 0.25) is 0 Å². The molecule has 5 nitrogen and oxygen atoms in total. The molecule has 1 aromatic carbocycles. The van der Waals surface area contributed by atoms with Gasteiger partial charge in [-0.1, -0.05) is 18.2 Å². The summed E-state index contributed by atoms with van der Waals surface area (Å²) in [6, 6.07) is 5.79. The Bertz CT molecular complexity index is 680. The van der Waals surface area contributed by atoms with Gasteiger partial charge in [-0.3, -0.25) is 0 Å². The second-order valence-electron chi connectivity index (χ2n) is 7.33. The van der Waals surface area contributed by atoms with Crippen LogP contribution in [0.5, 0.6) is 0 Å². The van der Waals surface area contributed by atoms with Gasteiger partial charge in [-0.05, 0) is 51.8 Å². The van der Waals surface area contributed by atoms with Crippen molar-refractivity contribution in [3.05, 3.63) is 40.4 Å². The van der Waals surface area contributed by atoms with E-state index in [-0.39, 0.29) is 17.2 Å². The first-order chi connectivity index (χ1) is 11.2. The number of benzene rings is 1. The highest BCUT2D eigenvalue weighted by molar-refractivity contribution is 6.55. The van der Waals surface area contributed by atoms with Crippen LogP contribution < -0.4 is 5.32 Å². The summed E-state index contributed by atoms with van der Waals surface area (Å²) in [4.78, 5) is 11.8. The van der Waals surface area contributed by atoms with E-state index >= 15 is 0 Å². The minimum absolute atomic E-state index is 0.258. The van der Waals surface area contributed by atoms with Crippen molar-refractivity contribution in [3.8, 4) is 0 Å². The van der Waals surface area contributed by atoms with Gasteiger partial charge in [-0.25, -0.2) is 4.79 Å². The third-order valence-electron chi connectivity index (χ3n) is 5.00. The normalized spacial score (nSPS) is 21.8. The first-order valence-electron chi connectivity index (χ1n) is 8.24. The number of esters is 1. The lowest BCUT2D eigenvalue weighted by molar-refractivity contribution is 0.00578. The highest BCUT2D eigenvalue weighted by Crippen LogP contribution is 2.38. The Morgan fingerprint density at radius 1 is 1.25 bits per heavy atom. The molecule has 24 heavy (non-hydrogen) atoms. The van der Waals surface area contributed by atoms with E-state index in [1.54, 1.807) is 0 Å². The summed E-state index contributed by atoms with van der Waals surface area (Å²) in [5, 5.41) is 3.16. The molecule has 1 N–H and O–H groups in total. The molecule has 1 fully saturated rings. The lowest BCUT2D eigenvalue weighted by Crippen LogP contribution is -2.41. The van der Waals surface area contributed by atoms with Crippen LogP contribution in [0.15, 0.2) is 23.7 Å². The fourth-order valence-corrected chi connectivity index (χ4v) is 2.84. The summed E-state index contributed by atoms with van der Waals surface area (Å²) in [7, 11) is 1.47. The number of carbonyl (C=O) groups excluding carboxylic acids is 1. The number of carbonyl (C=O) groups is 1. The highest BCUT2D eigenvalue weighted by Gasteiger charge is 2.52. The summed E-state index contributed by atoms with van der Waals surface area (Å²) in [6.45, 7) is 9.15. The predicted octanol–water partition coefficient (Wildman–Crippen LogP) is 2.59. The summed E-state index contributed by atoms with van der Waals surface area (Å²) in [5.74, 6) is -0.258. The van der Waals surface area contributed by atoms with Gasteiger partial charge in [-0.15, -0.1) is 0 Å². The number of likely N-dealkylation sites (N-methyl/N-ethyl adjacent to an activating group) is 1. The molecule has 1 aromatic rings. The Labute approximate surface area is 143 Å². The van der Waals surface area contributed by atoms with Crippen LogP contribution in [0, 0.1) is 0 Å². The van der Waals surface area contributed by atoms with E-state index < -0.39 is 7.12 Å². The molecule has 128 valence electrons. The van der Waals surface area contributed by atoms with E-state index in [0.29, 0.717) is 18.7 Å². The molecule has 3 rings (SSSR count). The smallest absolute Gasteiger partial charge is 0.457 e. The van der Waals surface area contributed by atoms with Crippen LogP contribution in [0.25, 0.3) is 6.08 Å². The molecule has 6 heteroatoms. The zero-order valence-corrected chi connectivity index (χ0v) is 14.9. The Kier molecular flexibility index (Phi) is 4.32. The van der Waals surface area contributed by atoms with Gasteiger partial charge < -0.3 is 19.4 Å². The van der Waals surface area contributed by atoms with Gasteiger partial charge in [0.2, 0.25) is 0 Å². The molecule has 2 heterocycles. The molecular weight excluding hydrogens is 305 g/mol. The SMILES string of the molecule is CNCC(=Cc1ccc2c(c1)C(=O)OC2)B1OC(C)(C)C(C)(C)O1. The molecule has 0 unspecified atom stereocenters. The number of hydrogen-bond acceptors (Lipinski definition) is 5. The Morgan fingerprint density at radius 3 is 2.54 bits per heavy atom. The number of hydrogen-bond donors (Lipinski definition) is 1. The molecule has 2 aliphatic heterocycles. The van der Waals surface area contributed by atoms with Crippen molar-refractivity contribution in [1.82, 2.24) is 5.32 Å². The maximum Gasteiger partial charge on any atom is 0.491 e. The minimum atomic E-state index is -0.414. The maximum atomic E-state index is 11.8. The van der Waals surface area contributed by atoms with Crippen molar-refractivity contribution in [2.75, 3.05) is 13.6 Å². The van der Waals surface area contributed by atoms with Crippen LogP contribution in [0.4, 0.5) is 0 Å². The molecule has 2 aliphatic rings. The first-order valence-corrected chi connectivity index (χ1v) is 8.24. The van der Waals surface area contributed by atoms with Gasteiger partial charge in [0.25, 0.3) is 0 Å². The molecule has 0 aromatic heterocycles. The molecule has 0 amide bonds. The minimum Gasteiger partial charge on any atom is -0.457 e. The standard InChI is InChI=1S/C18H24BNO4/c1-17(2)18(3,4)24-19(23-17)14(10-20-5)8-12-6-7-13-11-22-16(21)15(13)9-12/h6-9,20H,10-11H2,1-5H3. The van der Waals surface area contributed by atoms with E-state index in [9.17, 15) is 4.79 Å². The number of fused-ring (bicyclic) bond motifs is 1. The third-order valence-corrected chi connectivity index (χ3v) is 5.00. The summed E-state index contributed by atoms with van der Waals surface area (Å²) < 4.78 is 17.3. The average molecular weight is 329 g/mol. The molecule has 0 saturated carbocycles. The van der Waals surface area contributed by atoms with Crippen LogP contribution in [-0.2, 0) is 20.7 Å². The van der Waals surface area contributed by atoms with Crippen molar-refractivity contribution >= 4 is 19.2 Å². The van der Waals surface area contributed by atoms with E-state index in [4.69, 9.17) is 14.0 Å². The Morgan fingerprint density at radius 2 is 1.92 bits per heavy atom. The van der Waals surface area contributed by atoms with Crippen molar-refractivity contribution in [1.29, 1.82) is 0 Å². The zero-order chi connectivity index (χ0) is 17.5. The summed E-state index contributed by atoms with van der Waals surface area (Å²) in [5.41, 5.74) is 2.73. The molecule has 0 bridgehead atoms. The average Bonchev–Trinajstić information content (AvgIpc) is 2.96. The number of cyclic esters (lactones) is 1. The Balaban J connectivity index is 1.91. The fourth-order valence-electron chi connectivity index (χ4n) is 2.84. The van der Waals surface area contributed by atoms with Crippen LogP contribution in [0.3, 0.4) is 0 Å². The highest BCUT2D eigenvalue weighted by atomic mass is 16.7. The largest absolute Gasteiger partial charge is 0.491 e. The second kappa shape index (κ2) is 6.03. The number of rotatable bonds is 4. The van der Waals surface area contributed by atoms with Gasteiger partial charge in [-0.2, -0.15) is 0 Å². The van der Waals surface area contributed by atoms with Crippen molar-refractivity contribution in [3.63, 3.8) is 0 Å². The lowest BCUT2D eigenvalue weighted by atomic mass is 9.77. The Hall–Kier alpha value is -1.63. The van der Waals surface area contributed by atoms with E-state index in [0.717, 1.165) is 16.6 Å². The summed E-state index contributed by atoms with van der Waals surface area (Å²) >= 11 is 0. The second-order valence-corrected chi connectivity index (χ2v) is 7.33. The molecular formula is C18H24BNO4. The number of nitrogens with one attached hydrogen (secondary N) is 1. The van der Waals surface area contributed by atoms with Crippen LogP contribution >= 0.6 is 0 Å². The first kappa shape index (κ1) is 17.2. The molecule has 0 spiro atoms. The predicted molar refractivity (Wildman–Crippen MR) is 93.5 cm³/mol. The van der Waals surface area contributed by atoms with Gasteiger partial charge >= 0.3 is 13.1 Å². The molecule has 0 radical (unpaired) electrons. The topological polar surface area (TPSA) is 56.8 Å². The lowest BCUT2D eigenvalue weighted by Gasteiger charge is -2.32. The molecule has 0 aliphatic carbocycles. The van der Waals surface area contributed by atoms with Crippen molar-refractivity contribution < 1.29 is 18.8 Å². The third kappa shape index (κ3) is 3.01. The molecule has 0 atom stereocenters. The molecule has 1 saturated heterocycles. The van der Waals surface area contributed by atoms with Gasteiger partial charge in [0.15, 0.2) is 0 Å². The van der Waals surface area contributed by atoms with Gasteiger partial charge in [0.1, 0.15) is 6.61 Å².